The number of fused-ring (bicyclic) bond motifs is 1. The lowest BCUT2D eigenvalue weighted by atomic mass is 10.0. The number of hydrogen-bond donors (Lipinski definition) is 1. The second-order valence-corrected chi connectivity index (χ2v) is 8.80. The van der Waals surface area contributed by atoms with Gasteiger partial charge in [0.05, 0.1) is 17.1 Å². The van der Waals surface area contributed by atoms with Crippen LogP contribution in [0.25, 0.3) is 11.0 Å². The molecule has 3 heterocycles. The highest BCUT2D eigenvalue weighted by Gasteiger charge is 2.33. The smallest absolute Gasteiger partial charge is 0.252 e. The number of aromatic nitrogens is 3. The molecule has 5 rings (SSSR count). The second kappa shape index (κ2) is 6.59. The van der Waals surface area contributed by atoms with Crippen LogP contribution in [0.3, 0.4) is 0 Å². The summed E-state index contributed by atoms with van der Waals surface area (Å²) in [7, 11) is 0. The number of amides is 1. The van der Waals surface area contributed by atoms with Gasteiger partial charge in [-0.2, -0.15) is 5.10 Å². The van der Waals surface area contributed by atoms with Crippen LogP contribution in [0.4, 0.5) is 0 Å². The zero-order valence-electron chi connectivity index (χ0n) is 16.3. The number of carbonyl (C=O) groups excluding carboxylic acids is 1. The Hall–Kier alpha value is -1.95. The Kier molecular flexibility index (Phi) is 4.19. The maximum atomic E-state index is 13.1. The average Bonchev–Trinajstić information content (AvgIpc) is 3.57. The number of nitrogens with zero attached hydrogens (tertiary/aromatic N) is 4. The van der Waals surface area contributed by atoms with Crippen molar-refractivity contribution in [2.24, 2.45) is 0 Å². The molecule has 2 saturated carbocycles. The van der Waals surface area contributed by atoms with Crippen LogP contribution in [-0.2, 0) is 0 Å². The third kappa shape index (κ3) is 3.35. The summed E-state index contributed by atoms with van der Waals surface area (Å²) in [6, 6.07) is 3.35. The van der Waals surface area contributed by atoms with E-state index >= 15 is 0 Å². The van der Waals surface area contributed by atoms with E-state index in [9.17, 15) is 4.79 Å². The number of carbonyl (C=O) groups is 1. The van der Waals surface area contributed by atoms with E-state index < -0.39 is 0 Å². The molecule has 1 amide bonds. The largest absolute Gasteiger partial charge is 0.349 e. The van der Waals surface area contributed by atoms with Crippen LogP contribution >= 0.6 is 0 Å². The summed E-state index contributed by atoms with van der Waals surface area (Å²) in [4.78, 5) is 20.6. The fourth-order valence-electron chi connectivity index (χ4n) is 4.30. The minimum absolute atomic E-state index is 0.0393. The van der Waals surface area contributed by atoms with Crippen molar-refractivity contribution >= 4 is 16.9 Å². The fraction of sp³-hybridized carbons (Fsp3) is 0.667. The van der Waals surface area contributed by atoms with Gasteiger partial charge in [-0.1, -0.05) is 0 Å². The van der Waals surface area contributed by atoms with Gasteiger partial charge in [-0.25, -0.2) is 9.67 Å². The standard InChI is InChI=1S/C21H29N5O/c1-13(2)26-20-18(12-22-26)17(11-19(24-20)14-3-4-14)21(27)23-15-7-9-25(10-8-15)16-5-6-16/h11-16H,3-10H2,1-2H3,(H,23,27). The summed E-state index contributed by atoms with van der Waals surface area (Å²) < 4.78 is 1.94. The Balaban J connectivity index is 1.39. The first-order valence-electron chi connectivity index (χ1n) is 10.5. The molecule has 144 valence electrons. The number of piperidine rings is 1. The van der Waals surface area contributed by atoms with E-state index in [1.54, 1.807) is 0 Å². The summed E-state index contributed by atoms with van der Waals surface area (Å²) in [6.07, 6.45) is 8.98. The van der Waals surface area contributed by atoms with Gasteiger partial charge in [0.15, 0.2) is 5.65 Å². The highest BCUT2D eigenvalue weighted by molar-refractivity contribution is 6.05. The lowest BCUT2D eigenvalue weighted by Gasteiger charge is -2.32. The van der Waals surface area contributed by atoms with Gasteiger partial charge in [-0.15, -0.1) is 0 Å². The van der Waals surface area contributed by atoms with Gasteiger partial charge in [0, 0.05) is 42.8 Å². The van der Waals surface area contributed by atoms with E-state index in [-0.39, 0.29) is 18.0 Å². The lowest BCUT2D eigenvalue weighted by Crippen LogP contribution is -2.45. The molecule has 0 atom stereocenters. The SMILES string of the molecule is CC(C)n1ncc2c(C(=O)NC3CCN(C4CC4)CC3)cc(C3CC3)nc21. The van der Waals surface area contributed by atoms with Crippen molar-refractivity contribution in [1.29, 1.82) is 0 Å². The van der Waals surface area contributed by atoms with Gasteiger partial charge >= 0.3 is 0 Å². The Morgan fingerprint density at radius 2 is 1.89 bits per heavy atom. The number of likely N-dealkylation sites (tertiary alicyclic amines) is 1. The first-order valence-corrected chi connectivity index (χ1v) is 10.5. The van der Waals surface area contributed by atoms with Crippen LogP contribution in [-0.4, -0.2) is 50.7 Å². The highest BCUT2D eigenvalue weighted by atomic mass is 16.1. The fourth-order valence-corrected chi connectivity index (χ4v) is 4.30. The minimum Gasteiger partial charge on any atom is -0.349 e. The third-order valence-electron chi connectivity index (χ3n) is 6.24. The molecule has 0 radical (unpaired) electrons. The van der Waals surface area contributed by atoms with E-state index in [2.05, 4.69) is 29.2 Å². The molecule has 6 nitrogen and oxygen atoms in total. The normalized spacial score (nSPS) is 21.9. The molecule has 0 unspecified atom stereocenters. The molecule has 0 aromatic carbocycles. The van der Waals surface area contributed by atoms with Crippen LogP contribution in [0.15, 0.2) is 12.3 Å². The van der Waals surface area contributed by atoms with Crippen molar-refractivity contribution < 1.29 is 4.79 Å². The summed E-state index contributed by atoms with van der Waals surface area (Å²) in [5.41, 5.74) is 2.65. The molecule has 0 spiro atoms. The maximum Gasteiger partial charge on any atom is 0.252 e. The molecule has 0 bridgehead atoms. The van der Waals surface area contributed by atoms with Crippen molar-refractivity contribution in [1.82, 2.24) is 25.0 Å². The van der Waals surface area contributed by atoms with Crippen molar-refractivity contribution in [3.63, 3.8) is 0 Å². The highest BCUT2D eigenvalue weighted by Crippen LogP contribution is 2.40. The average molecular weight is 367 g/mol. The molecule has 2 aromatic heterocycles. The number of pyridine rings is 1. The van der Waals surface area contributed by atoms with Crippen molar-refractivity contribution in [3.8, 4) is 0 Å². The van der Waals surface area contributed by atoms with Gasteiger partial charge in [0.1, 0.15) is 0 Å². The molecule has 27 heavy (non-hydrogen) atoms. The van der Waals surface area contributed by atoms with Gasteiger partial charge < -0.3 is 10.2 Å². The minimum atomic E-state index is 0.0393. The van der Waals surface area contributed by atoms with E-state index in [1.807, 2.05) is 16.9 Å². The van der Waals surface area contributed by atoms with Crippen LogP contribution in [0, 0.1) is 0 Å². The summed E-state index contributed by atoms with van der Waals surface area (Å²) in [6.45, 7) is 6.43. The van der Waals surface area contributed by atoms with E-state index in [1.165, 1.54) is 25.7 Å². The van der Waals surface area contributed by atoms with Crippen LogP contribution in [0.5, 0.6) is 0 Å². The predicted molar refractivity (Wildman–Crippen MR) is 105 cm³/mol. The van der Waals surface area contributed by atoms with E-state index in [0.29, 0.717) is 5.92 Å². The molecular formula is C21H29N5O. The number of rotatable bonds is 5. The molecule has 3 fully saturated rings. The van der Waals surface area contributed by atoms with Gasteiger partial charge in [-0.3, -0.25) is 4.79 Å². The molecule has 6 heteroatoms. The number of hydrogen-bond acceptors (Lipinski definition) is 4. The van der Waals surface area contributed by atoms with Gasteiger partial charge in [-0.05, 0) is 58.4 Å². The molecule has 2 aromatic rings. The first kappa shape index (κ1) is 17.2. The Bertz CT molecular complexity index is 857. The zero-order chi connectivity index (χ0) is 18.5. The Morgan fingerprint density at radius 1 is 1.15 bits per heavy atom. The molecule has 3 aliphatic rings. The van der Waals surface area contributed by atoms with Crippen LogP contribution < -0.4 is 5.32 Å². The third-order valence-corrected chi connectivity index (χ3v) is 6.24. The van der Waals surface area contributed by atoms with E-state index in [4.69, 9.17) is 4.98 Å². The quantitative estimate of drug-likeness (QED) is 0.881. The Labute approximate surface area is 160 Å². The maximum absolute atomic E-state index is 13.1. The van der Waals surface area contributed by atoms with Crippen molar-refractivity contribution in [2.75, 3.05) is 13.1 Å². The first-order chi connectivity index (χ1) is 13.1. The Morgan fingerprint density at radius 3 is 2.52 bits per heavy atom. The molecular weight excluding hydrogens is 338 g/mol. The predicted octanol–water partition coefficient (Wildman–Crippen LogP) is 3.25. The second-order valence-electron chi connectivity index (χ2n) is 8.80. The monoisotopic (exact) mass is 367 g/mol. The molecule has 2 aliphatic carbocycles. The topological polar surface area (TPSA) is 63.1 Å². The lowest BCUT2D eigenvalue weighted by molar-refractivity contribution is 0.0910. The molecule has 1 N–H and O–H groups in total. The molecule has 1 aliphatic heterocycles. The van der Waals surface area contributed by atoms with E-state index in [0.717, 1.165) is 54.3 Å². The van der Waals surface area contributed by atoms with Crippen LogP contribution in [0.2, 0.25) is 0 Å². The van der Waals surface area contributed by atoms with Crippen molar-refractivity contribution in [2.45, 2.75) is 76.4 Å². The van der Waals surface area contributed by atoms with Crippen LogP contribution in [0.1, 0.15) is 80.4 Å². The van der Waals surface area contributed by atoms with Gasteiger partial charge in [0.25, 0.3) is 5.91 Å². The van der Waals surface area contributed by atoms with Crippen molar-refractivity contribution in [3.05, 3.63) is 23.5 Å². The van der Waals surface area contributed by atoms with Gasteiger partial charge in [0.2, 0.25) is 0 Å². The summed E-state index contributed by atoms with van der Waals surface area (Å²) >= 11 is 0. The number of nitrogens with one attached hydrogen (secondary N) is 1. The zero-order valence-corrected chi connectivity index (χ0v) is 16.3. The molecule has 1 saturated heterocycles. The summed E-state index contributed by atoms with van der Waals surface area (Å²) in [5.74, 6) is 0.552. The summed E-state index contributed by atoms with van der Waals surface area (Å²) in [5, 5.41) is 8.69.